The van der Waals surface area contributed by atoms with Crippen LogP contribution in [0, 0.1) is 6.92 Å². The topological polar surface area (TPSA) is 115 Å². The van der Waals surface area contributed by atoms with Gasteiger partial charge in [-0.25, -0.2) is 13.2 Å². The summed E-state index contributed by atoms with van der Waals surface area (Å²) in [5.74, 6) is -0.629. The number of hydrogen-bond donors (Lipinski definition) is 0. The van der Waals surface area contributed by atoms with E-state index in [1.807, 2.05) is 0 Å². The maximum absolute atomic E-state index is 12.0. The Kier molecular flexibility index (Phi) is 4.81. The average Bonchev–Trinajstić information content (AvgIpc) is 2.73. The highest BCUT2D eigenvalue weighted by Crippen LogP contribution is 2.37. The third-order valence-corrected chi connectivity index (χ3v) is 3.29. The molecule has 8 nitrogen and oxygen atoms in total. The molecule has 0 fully saturated rings. The van der Waals surface area contributed by atoms with Crippen molar-refractivity contribution >= 4 is 27.3 Å². The van der Waals surface area contributed by atoms with Gasteiger partial charge in [0.25, 0.3) is 10.4 Å². The van der Waals surface area contributed by atoms with Crippen LogP contribution in [0.3, 0.4) is 0 Å². The summed E-state index contributed by atoms with van der Waals surface area (Å²) in [5, 5.41) is 0.267. The molecule has 0 aliphatic rings. The first kappa shape index (κ1) is 17.1. The molecule has 0 atom stereocenters. The molecule has 0 aliphatic heterocycles. The van der Waals surface area contributed by atoms with Gasteiger partial charge in [-0.1, -0.05) is 0 Å². The average molecular weight is 343 g/mol. The zero-order chi connectivity index (χ0) is 17.2. The fraction of sp³-hybridized carbons (Fsp3) is 0.357. The fourth-order valence-corrected chi connectivity index (χ4v) is 2.48. The minimum Gasteiger partial charge on any atom is -0.716 e. The zero-order valence-electron chi connectivity index (χ0n) is 12.7. The van der Waals surface area contributed by atoms with E-state index >= 15 is 0 Å². The number of carbonyl (C=O) groups is 1. The molecule has 9 heteroatoms. The van der Waals surface area contributed by atoms with Gasteiger partial charge in [-0.3, -0.25) is 0 Å². The largest absolute Gasteiger partial charge is 0.716 e. The van der Waals surface area contributed by atoms with Crippen LogP contribution in [0.1, 0.15) is 30.0 Å². The van der Waals surface area contributed by atoms with Crippen molar-refractivity contribution in [3.05, 3.63) is 23.5 Å². The number of fused-ring (bicyclic) bond motifs is 1. The number of ether oxygens (including phenoxy) is 2. The number of benzene rings is 1. The molecule has 0 aliphatic carbocycles. The molecule has 2 rings (SSSR count). The molecule has 0 spiro atoms. The fourth-order valence-electron chi connectivity index (χ4n) is 2.13. The summed E-state index contributed by atoms with van der Waals surface area (Å²) in [6.45, 7) is 5.28. The predicted molar refractivity (Wildman–Crippen MR) is 78.4 cm³/mol. The van der Waals surface area contributed by atoms with Gasteiger partial charge in [0, 0.05) is 11.5 Å². The van der Waals surface area contributed by atoms with Gasteiger partial charge >= 0.3 is 5.97 Å². The Balaban J connectivity index is 2.66. The molecule has 0 amide bonds. The van der Waals surface area contributed by atoms with Crippen LogP contribution in [0.5, 0.6) is 11.5 Å². The second kappa shape index (κ2) is 6.47. The number of carbonyl (C=O) groups excluding carboxylic acids is 1. The Labute approximate surface area is 132 Å². The standard InChI is InChI=1S/C14H16O8S/c1-4-19-11-7-10-9(6-12(11)22-23(16,17)18)13(8(3)21-10)14(15)20-5-2/h6-7H,4-5H2,1-3H3,(H,16,17,18)/p-1. The maximum atomic E-state index is 12.0. The second-order valence-electron chi connectivity index (χ2n) is 4.47. The van der Waals surface area contributed by atoms with Gasteiger partial charge in [-0.2, -0.15) is 0 Å². The van der Waals surface area contributed by atoms with Crippen LogP contribution in [0.4, 0.5) is 0 Å². The third-order valence-electron chi connectivity index (χ3n) is 2.90. The lowest BCUT2D eigenvalue weighted by Crippen LogP contribution is -2.09. The SMILES string of the molecule is CCOC(=O)c1c(C)oc2cc(OCC)c(OS(=O)(=O)[O-])cc12. The van der Waals surface area contributed by atoms with E-state index in [4.69, 9.17) is 13.9 Å². The molecule has 0 saturated heterocycles. The number of furan rings is 1. The Bertz CT molecular complexity index is 834. The first-order valence-electron chi connectivity index (χ1n) is 6.79. The number of esters is 1. The summed E-state index contributed by atoms with van der Waals surface area (Å²) in [4.78, 5) is 12.0. The van der Waals surface area contributed by atoms with E-state index in [2.05, 4.69) is 4.18 Å². The summed E-state index contributed by atoms with van der Waals surface area (Å²) in [6.07, 6.45) is 0. The van der Waals surface area contributed by atoms with Crippen molar-refractivity contribution in [3.8, 4) is 11.5 Å². The van der Waals surface area contributed by atoms with Crippen LogP contribution < -0.4 is 8.92 Å². The van der Waals surface area contributed by atoms with Crippen LogP contribution in [0.15, 0.2) is 16.5 Å². The molecule has 23 heavy (non-hydrogen) atoms. The number of hydrogen-bond acceptors (Lipinski definition) is 8. The van der Waals surface area contributed by atoms with E-state index < -0.39 is 16.4 Å². The third kappa shape index (κ3) is 3.74. The van der Waals surface area contributed by atoms with Gasteiger partial charge < -0.3 is 22.6 Å². The van der Waals surface area contributed by atoms with Crippen molar-refractivity contribution in [1.82, 2.24) is 0 Å². The lowest BCUT2D eigenvalue weighted by Gasteiger charge is -2.13. The monoisotopic (exact) mass is 343 g/mol. The molecule has 1 heterocycles. The van der Waals surface area contributed by atoms with Crippen LogP contribution >= 0.6 is 0 Å². The Morgan fingerprint density at radius 1 is 1.22 bits per heavy atom. The summed E-state index contributed by atoms with van der Waals surface area (Å²) < 4.78 is 52.7. The zero-order valence-corrected chi connectivity index (χ0v) is 13.6. The van der Waals surface area contributed by atoms with Gasteiger partial charge in [0.2, 0.25) is 0 Å². The molecule has 2 aromatic rings. The summed E-state index contributed by atoms with van der Waals surface area (Å²) in [7, 11) is -5.00. The van der Waals surface area contributed by atoms with E-state index in [9.17, 15) is 17.8 Å². The predicted octanol–water partition coefficient (Wildman–Crippen LogP) is 2.16. The van der Waals surface area contributed by atoms with Crippen LogP contribution in [-0.2, 0) is 15.1 Å². The Morgan fingerprint density at radius 3 is 2.48 bits per heavy atom. The highest BCUT2D eigenvalue weighted by molar-refractivity contribution is 7.81. The summed E-state index contributed by atoms with van der Waals surface area (Å²) in [6, 6.07) is 2.56. The van der Waals surface area contributed by atoms with E-state index in [-0.39, 0.29) is 41.2 Å². The summed E-state index contributed by atoms with van der Waals surface area (Å²) in [5.41, 5.74) is 0.419. The molecule has 0 N–H and O–H groups in total. The first-order valence-corrected chi connectivity index (χ1v) is 8.12. The molecule has 0 saturated carbocycles. The quantitative estimate of drug-likeness (QED) is 0.445. The van der Waals surface area contributed by atoms with Crippen LogP contribution in [0.25, 0.3) is 11.0 Å². The Morgan fingerprint density at radius 2 is 1.91 bits per heavy atom. The first-order chi connectivity index (χ1) is 10.8. The van der Waals surface area contributed by atoms with Crippen molar-refractivity contribution in [2.45, 2.75) is 20.8 Å². The normalized spacial score (nSPS) is 11.5. The molecule has 0 bridgehead atoms. The molecule has 0 unspecified atom stereocenters. The number of rotatable bonds is 6. The van der Waals surface area contributed by atoms with Gasteiger partial charge in [-0.15, -0.1) is 0 Å². The van der Waals surface area contributed by atoms with E-state index in [0.29, 0.717) is 5.76 Å². The van der Waals surface area contributed by atoms with E-state index in [1.54, 1.807) is 20.8 Å². The minimum absolute atomic E-state index is 0.0172. The molecule has 126 valence electrons. The lowest BCUT2D eigenvalue weighted by molar-refractivity contribution is 0.0526. The van der Waals surface area contributed by atoms with Crippen molar-refractivity contribution in [3.63, 3.8) is 0 Å². The van der Waals surface area contributed by atoms with Gasteiger partial charge in [0.15, 0.2) is 11.5 Å². The number of aryl methyl sites for hydroxylation is 1. The molecular weight excluding hydrogens is 328 g/mol. The van der Waals surface area contributed by atoms with Crippen LogP contribution in [0.2, 0.25) is 0 Å². The smallest absolute Gasteiger partial charge is 0.342 e. The highest BCUT2D eigenvalue weighted by atomic mass is 32.3. The maximum Gasteiger partial charge on any atom is 0.342 e. The molecular formula is C14H15O8S-. The minimum atomic E-state index is -5.00. The van der Waals surface area contributed by atoms with Crippen molar-refractivity contribution in [2.75, 3.05) is 13.2 Å². The van der Waals surface area contributed by atoms with Gasteiger partial charge in [-0.05, 0) is 26.8 Å². The Hall–Kier alpha value is -2.26. The van der Waals surface area contributed by atoms with Crippen molar-refractivity contribution in [2.24, 2.45) is 0 Å². The molecule has 1 aromatic heterocycles. The van der Waals surface area contributed by atoms with Crippen molar-refractivity contribution in [1.29, 1.82) is 0 Å². The van der Waals surface area contributed by atoms with E-state index in [1.165, 1.54) is 12.1 Å². The highest BCUT2D eigenvalue weighted by Gasteiger charge is 2.22. The molecule has 1 aromatic carbocycles. The lowest BCUT2D eigenvalue weighted by atomic mass is 10.1. The van der Waals surface area contributed by atoms with Gasteiger partial charge in [0.1, 0.15) is 16.9 Å². The van der Waals surface area contributed by atoms with Gasteiger partial charge in [0.05, 0.1) is 13.2 Å². The van der Waals surface area contributed by atoms with Crippen LogP contribution in [-0.4, -0.2) is 32.2 Å². The summed E-state index contributed by atoms with van der Waals surface area (Å²) >= 11 is 0. The van der Waals surface area contributed by atoms with E-state index in [0.717, 1.165) is 0 Å². The second-order valence-corrected chi connectivity index (χ2v) is 5.46. The van der Waals surface area contributed by atoms with Crippen molar-refractivity contribution < 1.29 is 35.8 Å². The molecule has 0 radical (unpaired) electrons.